The van der Waals surface area contributed by atoms with Crippen molar-refractivity contribution >= 4 is 49.1 Å². The number of hydrogen-bond acceptors (Lipinski definition) is 6. The zero-order valence-electron chi connectivity index (χ0n) is 15.2. The van der Waals surface area contributed by atoms with Crippen LogP contribution in [-0.4, -0.2) is 29.0 Å². The van der Waals surface area contributed by atoms with Crippen molar-refractivity contribution < 1.29 is 4.79 Å². The Bertz CT molecular complexity index is 934. The topological polar surface area (TPSA) is 58.1 Å². The molecule has 1 aliphatic heterocycles. The average Bonchev–Trinajstić information content (AvgIpc) is 3.17. The van der Waals surface area contributed by atoms with E-state index in [4.69, 9.17) is 4.98 Å². The molecule has 2 aromatic heterocycles. The van der Waals surface area contributed by atoms with Gasteiger partial charge in [0.05, 0.1) is 15.9 Å². The first-order chi connectivity index (χ1) is 12.5. The van der Waals surface area contributed by atoms with E-state index in [1.54, 1.807) is 22.7 Å². The second-order valence-corrected chi connectivity index (χ2v) is 9.09. The summed E-state index contributed by atoms with van der Waals surface area (Å²) < 4.78 is 1.23. The van der Waals surface area contributed by atoms with Gasteiger partial charge in [-0.3, -0.25) is 4.79 Å². The molecular formula is C19H22N4OS2. The minimum Gasteiger partial charge on any atom is -0.348 e. The molecule has 1 fully saturated rings. The lowest BCUT2D eigenvalue weighted by Gasteiger charge is -2.30. The minimum atomic E-state index is 0.0485. The molecule has 0 spiro atoms. The molecule has 3 heterocycles. The third-order valence-electron chi connectivity index (χ3n) is 4.93. The summed E-state index contributed by atoms with van der Waals surface area (Å²) in [5.74, 6) is 0.144. The van der Waals surface area contributed by atoms with Crippen molar-refractivity contribution in [3.63, 3.8) is 0 Å². The first kappa shape index (κ1) is 17.4. The Balaban J connectivity index is 1.39. The number of thiazole rings is 2. The maximum Gasteiger partial charge on any atom is 0.229 e. The number of rotatable bonds is 3. The predicted molar refractivity (Wildman–Crippen MR) is 110 cm³/mol. The summed E-state index contributed by atoms with van der Waals surface area (Å²) in [6.07, 6.45) is 1.70. The molecule has 1 amide bonds. The van der Waals surface area contributed by atoms with E-state index in [1.165, 1.54) is 10.3 Å². The molecule has 1 aliphatic rings. The normalized spacial score (nSPS) is 15.6. The van der Waals surface area contributed by atoms with Gasteiger partial charge in [0.15, 0.2) is 10.3 Å². The molecule has 0 radical (unpaired) electrons. The molecule has 0 aliphatic carbocycles. The Morgan fingerprint density at radius 2 is 1.92 bits per heavy atom. The van der Waals surface area contributed by atoms with Crippen molar-refractivity contribution in [2.24, 2.45) is 5.92 Å². The molecule has 26 heavy (non-hydrogen) atoms. The fourth-order valence-corrected chi connectivity index (χ4v) is 5.15. The van der Waals surface area contributed by atoms with Crippen LogP contribution >= 0.6 is 22.7 Å². The van der Waals surface area contributed by atoms with Crippen LogP contribution in [0.15, 0.2) is 18.2 Å². The van der Waals surface area contributed by atoms with Gasteiger partial charge in [-0.2, -0.15) is 0 Å². The highest BCUT2D eigenvalue weighted by Crippen LogP contribution is 2.32. The highest BCUT2D eigenvalue weighted by atomic mass is 32.1. The van der Waals surface area contributed by atoms with E-state index >= 15 is 0 Å². The number of anilines is 2. The van der Waals surface area contributed by atoms with Crippen LogP contribution in [0.2, 0.25) is 0 Å². The molecule has 136 valence electrons. The van der Waals surface area contributed by atoms with E-state index in [1.807, 2.05) is 13.8 Å². The molecule has 0 unspecified atom stereocenters. The minimum absolute atomic E-state index is 0.0485. The van der Waals surface area contributed by atoms with E-state index in [9.17, 15) is 4.79 Å². The lowest BCUT2D eigenvalue weighted by atomic mass is 9.96. The number of fused-ring (bicyclic) bond motifs is 1. The molecule has 1 saturated heterocycles. The van der Waals surface area contributed by atoms with Gasteiger partial charge in [0, 0.05) is 23.9 Å². The average molecular weight is 387 g/mol. The van der Waals surface area contributed by atoms with Gasteiger partial charge in [-0.15, -0.1) is 11.3 Å². The number of carbonyl (C=O) groups is 1. The third kappa shape index (κ3) is 3.46. The standard InChI is InChI=1S/C19H22N4OS2/c1-11-4-5-15-16(10-11)26-19(21-15)23-8-6-14(7-9-23)17(24)22-18-20-12(2)13(3)25-18/h4-5,10,14H,6-9H2,1-3H3,(H,20,22,24). The summed E-state index contributed by atoms with van der Waals surface area (Å²) >= 11 is 3.29. The summed E-state index contributed by atoms with van der Waals surface area (Å²) in [4.78, 5) is 25.2. The Labute approximate surface area is 161 Å². The number of aryl methyl sites for hydroxylation is 3. The molecule has 7 heteroatoms. The molecule has 4 rings (SSSR count). The van der Waals surface area contributed by atoms with E-state index in [0.29, 0.717) is 5.13 Å². The van der Waals surface area contributed by atoms with E-state index in [0.717, 1.165) is 47.2 Å². The molecule has 0 bridgehead atoms. The van der Waals surface area contributed by atoms with Crippen LogP contribution in [0.25, 0.3) is 10.2 Å². The van der Waals surface area contributed by atoms with E-state index < -0.39 is 0 Å². The number of nitrogens with one attached hydrogen (secondary N) is 1. The third-order valence-corrected chi connectivity index (χ3v) is 6.99. The quantitative estimate of drug-likeness (QED) is 0.718. The SMILES string of the molecule is Cc1ccc2nc(N3CCC(C(=O)Nc4nc(C)c(C)s4)CC3)sc2c1. The van der Waals surface area contributed by atoms with Crippen molar-refractivity contribution in [2.45, 2.75) is 33.6 Å². The number of piperidine rings is 1. The van der Waals surface area contributed by atoms with Crippen molar-refractivity contribution in [3.05, 3.63) is 34.3 Å². The fourth-order valence-electron chi connectivity index (χ4n) is 3.22. The second kappa shape index (κ2) is 6.96. The maximum atomic E-state index is 12.5. The summed E-state index contributed by atoms with van der Waals surface area (Å²) in [7, 11) is 0. The summed E-state index contributed by atoms with van der Waals surface area (Å²) in [5, 5.41) is 4.77. The Morgan fingerprint density at radius 3 is 2.62 bits per heavy atom. The van der Waals surface area contributed by atoms with Crippen molar-refractivity contribution in [1.29, 1.82) is 0 Å². The van der Waals surface area contributed by atoms with Gasteiger partial charge in [-0.25, -0.2) is 9.97 Å². The second-order valence-electron chi connectivity index (χ2n) is 6.88. The van der Waals surface area contributed by atoms with Crippen LogP contribution in [0.4, 0.5) is 10.3 Å². The first-order valence-corrected chi connectivity index (χ1v) is 10.5. The van der Waals surface area contributed by atoms with E-state index in [2.05, 4.69) is 40.3 Å². The fraction of sp³-hybridized carbons (Fsp3) is 0.421. The van der Waals surface area contributed by atoms with Crippen molar-refractivity contribution in [2.75, 3.05) is 23.3 Å². The van der Waals surface area contributed by atoms with Gasteiger partial charge in [0.2, 0.25) is 5.91 Å². The molecular weight excluding hydrogens is 364 g/mol. The number of amides is 1. The number of carbonyl (C=O) groups excluding carboxylic acids is 1. The van der Waals surface area contributed by atoms with Gasteiger partial charge >= 0.3 is 0 Å². The van der Waals surface area contributed by atoms with Gasteiger partial charge < -0.3 is 10.2 Å². The Morgan fingerprint density at radius 1 is 1.15 bits per heavy atom. The van der Waals surface area contributed by atoms with Crippen molar-refractivity contribution in [1.82, 2.24) is 9.97 Å². The number of nitrogens with zero attached hydrogens (tertiary/aromatic N) is 3. The molecule has 0 saturated carbocycles. The van der Waals surface area contributed by atoms with Crippen LogP contribution in [0.3, 0.4) is 0 Å². The number of benzene rings is 1. The van der Waals surface area contributed by atoms with Crippen LogP contribution in [0.1, 0.15) is 29.0 Å². The van der Waals surface area contributed by atoms with Crippen molar-refractivity contribution in [3.8, 4) is 0 Å². The van der Waals surface area contributed by atoms with E-state index in [-0.39, 0.29) is 11.8 Å². The number of aromatic nitrogens is 2. The van der Waals surface area contributed by atoms with Crippen LogP contribution in [0.5, 0.6) is 0 Å². The monoisotopic (exact) mass is 386 g/mol. The Hall–Kier alpha value is -1.99. The maximum absolute atomic E-state index is 12.5. The van der Waals surface area contributed by atoms with Gasteiger partial charge in [0.25, 0.3) is 0 Å². The van der Waals surface area contributed by atoms with Crippen LogP contribution in [0, 0.1) is 26.7 Å². The molecule has 0 atom stereocenters. The largest absolute Gasteiger partial charge is 0.348 e. The smallest absolute Gasteiger partial charge is 0.229 e. The zero-order chi connectivity index (χ0) is 18.3. The number of hydrogen-bond donors (Lipinski definition) is 1. The van der Waals surface area contributed by atoms with Crippen LogP contribution < -0.4 is 10.2 Å². The lowest BCUT2D eigenvalue weighted by molar-refractivity contribution is -0.120. The molecule has 3 aromatic rings. The zero-order valence-corrected chi connectivity index (χ0v) is 16.8. The predicted octanol–water partition coefficient (Wildman–Crippen LogP) is 4.53. The lowest BCUT2D eigenvalue weighted by Crippen LogP contribution is -2.38. The summed E-state index contributed by atoms with van der Waals surface area (Å²) in [5.41, 5.74) is 3.31. The molecule has 5 nitrogen and oxygen atoms in total. The molecule has 1 N–H and O–H groups in total. The summed E-state index contributed by atoms with van der Waals surface area (Å²) in [6.45, 7) is 7.84. The van der Waals surface area contributed by atoms with Crippen LogP contribution in [-0.2, 0) is 4.79 Å². The van der Waals surface area contributed by atoms with Gasteiger partial charge in [-0.05, 0) is 51.3 Å². The molecule has 1 aromatic carbocycles. The van der Waals surface area contributed by atoms with Gasteiger partial charge in [0.1, 0.15) is 0 Å². The summed E-state index contributed by atoms with van der Waals surface area (Å²) in [6, 6.07) is 6.38. The van der Waals surface area contributed by atoms with Gasteiger partial charge in [-0.1, -0.05) is 17.4 Å². The highest BCUT2D eigenvalue weighted by Gasteiger charge is 2.27. The highest BCUT2D eigenvalue weighted by molar-refractivity contribution is 7.22. The Kier molecular flexibility index (Phi) is 4.67. The first-order valence-electron chi connectivity index (χ1n) is 8.86.